The Bertz CT molecular complexity index is 650. The molecule has 5 nitrogen and oxygen atoms in total. The molecule has 2 aromatic carbocycles. The van der Waals surface area contributed by atoms with Crippen LogP contribution in [0.2, 0.25) is 0 Å². The minimum Gasteiger partial charge on any atom is -0.412 e. The molecule has 0 bridgehead atoms. The molecule has 0 fully saturated rings. The average Bonchev–Trinajstić information content (AvgIpc) is 2.58. The third-order valence-corrected chi connectivity index (χ3v) is 3.67. The molecule has 7 N–H and O–H groups in total. The van der Waals surface area contributed by atoms with Gasteiger partial charge in [0.2, 0.25) is 5.91 Å². The number of benzene rings is 2. The molecule has 0 spiro atoms. The van der Waals surface area contributed by atoms with E-state index in [4.69, 9.17) is 5.73 Å². The molecule has 0 atom stereocenters. The zero-order chi connectivity index (χ0) is 18.7. The van der Waals surface area contributed by atoms with Gasteiger partial charge in [-0.3, -0.25) is 4.79 Å². The van der Waals surface area contributed by atoms with E-state index in [9.17, 15) is 13.6 Å². The van der Waals surface area contributed by atoms with E-state index in [-0.39, 0.29) is 28.4 Å². The van der Waals surface area contributed by atoms with E-state index in [1.165, 1.54) is 30.3 Å². The number of nitrogen functional groups attached to an aromatic ring is 1. The summed E-state index contributed by atoms with van der Waals surface area (Å²) < 4.78 is 24.8. The SMILES string of the molecule is CCCCCCC(=O)Nc1ccc(F)cc1N.Fc1ccc(S)cc1.O.O. The first kappa shape index (κ1) is 27.1. The average molecular weight is 403 g/mol. The van der Waals surface area contributed by atoms with E-state index >= 15 is 0 Å². The molecule has 0 radical (unpaired) electrons. The predicted molar refractivity (Wildman–Crippen MR) is 109 cm³/mol. The quantitative estimate of drug-likeness (QED) is 0.387. The van der Waals surface area contributed by atoms with Crippen LogP contribution in [-0.4, -0.2) is 16.9 Å². The number of carbonyl (C=O) groups excluding carboxylic acids is 1. The molecule has 0 saturated heterocycles. The Balaban J connectivity index is 0. The van der Waals surface area contributed by atoms with Gasteiger partial charge in [0, 0.05) is 11.3 Å². The molecule has 8 heteroatoms. The molecule has 0 unspecified atom stereocenters. The molecule has 0 aliphatic carbocycles. The largest absolute Gasteiger partial charge is 0.412 e. The van der Waals surface area contributed by atoms with E-state index in [1.54, 1.807) is 12.1 Å². The lowest BCUT2D eigenvalue weighted by Gasteiger charge is -2.07. The van der Waals surface area contributed by atoms with Crippen LogP contribution in [0.5, 0.6) is 0 Å². The molecule has 1 amide bonds. The van der Waals surface area contributed by atoms with Crippen LogP contribution < -0.4 is 11.1 Å². The van der Waals surface area contributed by atoms with Gasteiger partial charge >= 0.3 is 0 Å². The van der Waals surface area contributed by atoms with Crippen LogP contribution in [0.3, 0.4) is 0 Å². The van der Waals surface area contributed by atoms with Crippen molar-refractivity contribution in [3.63, 3.8) is 0 Å². The lowest BCUT2D eigenvalue weighted by molar-refractivity contribution is -0.116. The lowest BCUT2D eigenvalue weighted by atomic mass is 10.1. The number of thiol groups is 1. The van der Waals surface area contributed by atoms with E-state index in [1.807, 2.05) is 0 Å². The molecule has 27 heavy (non-hydrogen) atoms. The fourth-order valence-corrected chi connectivity index (χ4v) is 2.16. The van der Waals surface area contributed by atoms with Gasteiger partial charge in [0.05, 0.1) is 11.4 Å². The Morgan fingerprint density at radius 2 is 1.59 bits per heavy atom. The van der Waals surface area contributed by atoms with Crippen molar-refractivity contribution < 1.29 is 24.5 Å². The molecular weight excluding hydrogens is 374 g/mol. The maximum absolute atomic E-state index is 12.8. The lowest BCUT2D eigenvalue weighted by Crippen LogP contribution is -2.12. The van der Waals surface area contributed by atoms with E-state index < -0.39 is 5.82 Å². The summed E-state index contributed by atoms with van der Waals surface area (Å²) in [6.07, 6.45) is 4.71. The highest BCUT2D eigenvalue weighted by Gasteiger charge is 2.05. The molecule has 2 aromatic rings. The third kappa shape index (κ3) is 12.0. The number of hydrogen-bond donors (Lipinski definition) is 3. The fraction of sp³-hybridized carbons (Fsp3) is 0.316. The smallest absolute Gasteiger partial charge is 0.224 e. The van der Waals surface area contributed by atoms with Crippen LogP contribution in [0.15, 0.2) is 47.4 Å². The van der Waals surface area contributed by atoms with Crippen molar-refractivity contribution in [2.45, 2.75) is 43.9 Å². The second-order valence-electron chi connectivity index (χ2n) is 5.57. The summed E-state index contributed by atoms with van der Waals surface area (Å²) in [6.45, 7) is 2.12. The summed E-state index contributed by atoms with van der Waals surface area (Å²) in [5, 5.41) is 2.68. The highest BCUT2D eigenvalue weighted by Crippen LogP contribution is 2.19. The van der Waals surface area contributed by atoms with Crippen LogP contribution in [0.25, 0.3) is 0 Å². The summed E-state index contributed by atoms with van der Waals surface area (Å²) in [5.74, 6) is -0.689. The van der Waals surface area contributed by atoms with Crippen molar-refractivity contribution in [1.82, 2.24) is 0 Å². The number of hydrogen-bond acceptors (Lipinski definition) is 3. The van der Waals surface area contributed by atoms with E-state index in [0.29, 0.717) is 12.1 Å². The van der Waals surface area contributed by atoms with Crippen molar-refractivity contribution in [2.24, 2.45) is 0 Å². The summed E-state index contributed by atoms with van der Waals surface area (Å²) >= 11 is 3.97. The third-order valence-electron chi connectivity index (χ3n) is 3.37. The highest BCUT2D eigenvalue weighted by molar-refractivity contribution is 7.80. The number of nitrogens with one attached hydrogen (secondary N) is 1. The predicted octanol–water partition coefficient (Wildman–Crippen LogP) is 3.78. The second-order valence-corrected chi connectivity index (χ2v) is 6.08. The number of unbranched alkanes of at least 4 members (excludes halogenated alkanes) is 3. The van der Waals surface area contributed by atoms with Crippen molar-refractivity contribution in [2.75, 3.05) is 11.1 Å². The molecule has 0 aliphatic heterocycles. The number of anilines is 2. The maximum Gasteiger partial charge on any atom is 0.224 e. The summed E-state index contributed by atoms with van der Waals surface area (Å²) in [5.41, 5.74) is 6.33. The number of amides is 1. The summed E-state index contributed by atoms with van der Waals surface area (Å²) in [4.78, 5) is 12.3. The number of carbonyl (C=O) groups is 1. The fourth-order valence-electron chi connectivity index (χ4n) is 2.01. The van der Waals surface area contributed by atoms with Gasteiger partial charge in [0.1, 0.15) is 11.6 Å². The van der Waals surface area contributed by atoms with Crippen molar-refractivity contribution >= 4 is 29.9 Å². The van der Waals surface area contributed by atoms with Crippen LogP contribution in [0.1, 0.15) is 39.0 Å². The van der Waals surface area contributed by atoms with Gasteiger partial charge < -0.3 is 22.0 Å². The Morgan fingerprint density at radius 1 is 1.00 bits per heavy atom. The first-order valence-electron chi connectivity index (χ1n) is 8.21. The van der Waals surface area contributed by atoms with Crippen LogP contribution in [0, 0.1) is 11.6 Å². The first-order chi connectivity index (χ1) is 11.9. The second kappa shape index (κ2) is 15.0. The first-order valence-corrected chi connectivity index (χ1v) is 8.66. The molecule has 152 valence electrons. The van der Waals surface area contributed by atoms with Gasteiger partial charge in [-0.1, -0.05) is 26.2 Å². The Morgan fingerprint density at radius 3 is 2.11 bits per heavy atom. The number of halogens is 2. The minimum absolute atomic E-state index is 0. The number of nitrogens with two attached hydrogens (primary N) is 1. The summed E-state index contributed by atoms with van der Waals surface area (Å²) in [6, 6.07) is 9.94. The maximum atomic E-state index is 12.8. The van der Waals surface area contributed by atoms with Gasteiger partial charge in [-0.15, -0.1) is 12.6 Å². The standard InChI is InChI=1S/C13H19FN2O.C6H5FS.2H2O/c1-2-3-4-5-6-13(17)16-12-8-7-10(14)9-11(12)15;7-5-1-3-6(8)4-2-5;;/h7-9H,2-6,15H2,1H3,(H,16,17);1-4,8H;2*1H2. The Kier molecular flexibility index (Phi) is 15.0. The Labute approximate surface area is 164 Å². The van der Waals surface area contributed by atoms with Crippen LogP contribution >= 0.6 is 12.6 Å². The van der Waals surface area contributed by atoms with Crippen molar-refractivity contribution in [3.05, 3.63) is 54.1 Å². The van der Waals surface area contributed by atoms with E-state index in [2.05, 4.69) is 24.9 Å². The molecule has 0 aliphatic rings. The normalized spacial score (nSPS) is 9.19. The van der Waals surface area contributed by atoms with Crippen molar-refractivity contribution in [3.8, 4) is 0 Å². The summed E-state index contributed by atoms with van der Waals surface area (Å²) in [7, 11) is 0. The number of rotatable bonds is 6. The molecular formula is C19H28F2N2O3S. The topological polar surface area (TPSA) is 118 Å². The minimum atomic E-state index is -0.400. The van der Waals surface area contributed by atoms with Gasteiger partial charge in [-0.05, 0) is 48.9 Å². The van der Waals surface area contributed by atoms with Crippen molar-refractivity contribution in [1.29, 1.82) is 0 Å². The van der Waals surface area contributed by atoms with Gasteiger partial charge in [-0.25, -0.2) is 8.78 Å². The zero-order valence-corrected chi connectivity index (χ0v) is 16.2. The molecule has 0 saturated carbocycles. The van der Waals surface area contributed by atoms with Crippen LogP contribution in [0.4, 0.5) is 20.2 Å². The van der Waals surface area contributed by atoms with Gasteiger partial charge in [-0.2, -0.15) is 0 Å². The van der Waals surface area contributed by atoms with Gasteiger partial charge in [0.25, 0.3) is 0 Å². The van der Waals surface area contributed by atoms with Gasteiger partial charge in [0.15, 0.2) is 0 Å². The molecule has 0 aromatic heterocycles. The molecule has 0 heterocycles. The molecule has 2 rings (SSSR count). The Hall–Kier alpha value is -2.16. The highest BCUT2D eigenvalue weighted by atomic mass is 32.1. The monoisotopic (exact) mass is 402 g/mol. The zero-order valence-electron chi connectivity index (χ0n) is 15.3. The van der Waals surface area contributed by atoms with E-state index in [0.717, 1.165) is 30.6 Å². The van der Waals surface area contributed by atoms with Crippen LogP contribution in [-0.2, 0) is 4.79 Å².